The van der Waals surface area contributed by atoms with E-state index in [9.17, 15) is 10.5 Å². The maximum Gasteiger partial charge on any atom is 0.211 e. The average molecular weight is 585 g/mol. The number of para-hydroxylation sites is 4. The Morgan fingerprint density at radius 1 is 0.435 bits per heavy atom. The summed E-state index contributed by atoms with van der Waals surface area (Å²) >= 11 is 0. The van der Waals surface area contributed by atoms with E-state index in [1.54, 1.807) is 24.3 Å². The lowest BCUT2D eigenvalue weighted by atomic mass is 9.91. The molecule has 6 heteroatoms. The van der Waals surface area contributed by atoms with E-state index >= 15 is 0 Å². The second-order valence-electron chi connectivity index (χ2n) is 10.9. The van der Waals surface area contributed by atoms with Crippen molar-refractivity contribution in [3.05, 3.63) is 155 Å². The van der Waals surface area contributed by atoms with Crippen molar-refractivity contribution in [1.82, 2.24) is 9.13 Å². The third-order valence-electron chi connectivity index (χ3n) is 8.65. The third kappa shape index (κ3) is 3.60. The first kappa shape index (κ1) is 26.5. The molecular weight excluding hydrogens is 564 g/mol. The van der Waals surface area contributed by atoms with Gasteiger partial charge in [-0.05, 0) is 24.3 Å². The summed E-state index contributed by atoms with van der Waals surface area (Å²) in [7, 11) is 0. The highest BCUT2D eigenvalue weighted by molar-refractivity contribution is 6.13. The van der Waals surface area contributed by atoms with Gasteiger partial charge in [0.15, 0.2) is 5.69 Å². The molecule has 0 aliphatic heterocycles. The zero-order valence-corrected chi connectivity index (χ0v) is 24.2. The molecule has 0 saturated carbocycles. The number of rotatable bonds is 3. The number of benzene rings is 6. The van der Waals surface area contributed by atoms with E-state index in [-0.39, 0.29) is 5.69 Å². The van der Waals surface area contributed by atoms with Crippen LogP contribution in [0.25, 0.3) is 75.8 Å². The van der Waals surface area contributed by atoms with Crippen molar-refractivity contribution in [1.29, 1.82) is 10.5 Å². The van der Waals surface area contributed by atoms with Gasteiger partial charge in [-0.15, -0.1) is 0 Å². The molecular formula is C40H20N6. The second kappa shape index (κ2) is 10.3. The van der Waals surface area contributed by atoms with Crippen LogP contribution >= 0.6 is 0 Å². The van der Waals surface area contributed by atoms with E-state index in [1.807, 2.05) is 106 Å². The lowest BCUT2D eigenvalue weighted by Crippen LogP contribution is -2.05. The smallest absolute Gasteiger partial charge is 0.211 e. The number of hydrogen-bond donors (Lipinski definition) is 0. The average Bonchev–Trinajstić information content (AvgIpc) is 3.63. The van der Waals surface area contributed by atoms with E-state index in [4.69, 9.17) is 13.1 Å². The van der Waals surface area contributed by atoms with Crippen molar-refractivity contribution in [3.63, 3.8) is 0 Å². The van der Waals surface area contributed by atoms with Gasteiger partial charge in [-0.1, -0.05) is 97.1 Å². The van der Waals surface area contributed by atoms with Gasteiger partial charge >= 0.3 is 0 Å². The van der Waals surface area contributed by atoms with Gasteiger partial charge in [-0.25, -0.2) is 9.69 Å². The maximum atomic E-state index is 10.7. The van der Waals surface area contributed by atoms with Gasteiger partial charge in [0.05, 0.1) is 63.8 Å². The van der Waals surface area contributed by atoms with Crippen LogP contribution in [0.2, 0.25) is 0 Å². The van der Waals surface area contributed by atoms with Crippen LogP contribution in [-0.2, 0) is 0 Å². The zero-order valence-electron chi connectivity index (χ0n) is 24.2. The molecule has 6 aromatic carbocycles. The molecule has 0 unspecified atom stereocenters. The fourth-order valence-electron chi connectivity index (χ4n) is 6.81. The largest absolute Gasteiger partial charge is 0.318 e. The molecule has 210 valence electrons. The summed E-state index contributed by atoms with van der Waals surface area (Å²) in [4.78, 5) is 7.92. The zero-order chi connectivity index (χ0) is 31.4. The first-order valence-electron chi connectivity index (χ1n) is 14.6. The Hall–Kier alpha value is -7.12. The highest BCUT2D eigenvalue weighted by Crippen LogP contribution is 2.49. The molecule has 0 amide bonds. The molecule has 46 heavy (non-hydrogen) atoms. The Labute approximate surface area is 264 Å². The van der Waals surface area contributed by atoms with Crippen molar-refractivity contribution in [2.24, 2.45) is 0 Å². The summed E-state index contributed by atoms with van der Waals surface area (Å²) < 4.78 is 4.05. The minimum absolute atomic E-state index is 0.275. The molecule has 2 heterocycles. The van der Waals surface area contributed by atoms with E-state index < -0.39 is 0 Å². The molecule has 6 nitrogen and oxygen atoms in total. The molecule has 0 fully saturated rings. The Balaban J connectivity index is 1.64. The lowest BCUT2D eigenvalue weighted by Gasteiger charge is -2.22. The molecule has 0 saturated heterocycles. The van der Waals surface area contributed by atoms with Gasteiger partial charge in [0.1, 0.15) is 6.07 Å². The highest BCUT2D eigenvalue weighted by atomic mass is 15.0. The number of nitriles is 2. The molecule has 8 aromatic rings. The second-order valence-corrected chi connectivity index (χ2v) is 10.9. The van der Waals surface area contributed by atoms with Crippen LogP contribution in [0.15, 0.2) is 121 Å². The first-order chi connectivity index (χ1) is 22.7. The highest BCUT2D eigenvalue weighted by Gasteiger charge is 2.28. The molecule has 0 aliphatic rings. The standard InChI is InChI=1S/C40H20N6/c1-43-31-21-20-26(24-42)39(45-33-15-7-3-11-27(33)28-12-4-8-16-34(28)45)38(31)37-25(23-41)19-22-32(44-2)40(37)46-35-17-9-5-13-29(35)30-14-6-10-18-36(30)46/h3-22H. The SMILES string of the molecule is [C-]#[N+]c1ccc(C#N)c(-n2c3ccccc3c3ccccc32)c1-c1c(C#N)ccc([N+]#[C-])c1-n1c2ccccc2c2ccccc21. The molecule has 0 bridgehead atoms. The Morgan fingerprint density at radius 2 is 0.826 bits per heavy atom. The summed E-state index contributed by atoms with van der Waals surface area (Å²) in [6.07, 6.45) is 0. The molecule has 0 N–H and O–H groups in total. The number of fused-ring (bicyclic) bond motifs is 6. The number of aromatic nitrogens is 2. The summed E-state index contributed by atoms with van der Waals surface area (Å²) in [6, 6.07) is 43.3. The number of nitrogens with zero attached hydrogens (tertiary/aromatic N) is 6. The Bertz CT molecular complexity index is 2450. The van der Waals surface area contributed by atoms with Gasteiger partial charge in [-0.3, -0.25) is 0 Å². The normalized spacial score (nSPS) is 11.0. The van der Waals surface area contributed by atoms with Crippen molar-refractivity contribution in [3.8, 4) is 34.6 Å². The van der Waals surface area contributed by atoms with Crippen molar-refractivity contribution in [2.45, 2.75) is 0 Å². The van der Waals surface area contributed by atoms with Crippen LogP contribution in [0.1, 0.15) is 11.1 Å². The maximum absolute atomic E-state index is 10.7. The van der Waals surface area contributed by atoms with E-state index in [2.05, 4.69) is 21.8 Å². The van der Waals surface area contributed by atoms with Crippen molar-refractivity contribution >= 4 is 55.0 Å². The molecule has 0 atom stereocenters. The predicted molar refractivity (Wildman–Crippen MR) is 183 cm³/mol. The van der Waals surface area contributed by atoms with Crippen molar-refractivity contribution < 1.29 is 0 Å². The fourth-order valence-corrected chi connectivity index (χ4v) is 6.81. The van der Waals surface area contributed by atoms with Gasteiger partial charge < -0.3 is 9.13 Å². The van der Waals surface area contributed by atoms with Crippen LogP contribution in [0.4, 0.5) is 11.4 Å². The molecule has 0 aliphatic carbocycles. The minimum atomic E-state index is 0.275. The van der Waals surface area contributed by atoms with Gasteiger partial charge in [0, 0.05) is 32.7 Å². The van der Waals surface area contributed by atoms with Crippen LogP contribution in [-0.4, -0.2) is 9.13 Å². The fraction of sp³-hybridized carbons (Fsp3) is 0. The quantitative estimate of drug-likeness (QED) is 0.194. The van der Waals surface area contributed by atoms with Gasteiger partial charge in [-0.2, -0.15) is 10.5 Å². The van der Waals surface area contributed by atoms with Crippen molar-refractivity contribution in [2.75, 3.05) is 0 Å². The first-order valence-corrected chi connectivity index (χ1v) is 14.6. The Morgan fingerprint density at radius 3 is 1.26 bits per heavy atom. The molecule has 0 spiro atoms. The van der Waals surface area contributed by atoms with Crippen LogP contribution in [0.3, 0.4) is 0 Å². The Kier molecular flexibility index (Phi) is 5.91. The molecule has 8 rings (SSSR count). The van der Waals surface area contributed by atoms with Gasteiger partial charge in [0.2, 0.25) is 5.69 Å². The lowest BCUT2D eigenvalue weighted by molar-refractivity contribution is 1.15. The number of hydrogen-bond acceptors (Lipinski definition) is 2. The topological polar surface area (TPSA) is 66.2 Å². The van der Waals surface area contributed by atoms with E-state index in [0.29, 0.717) is 39.3 Å². The van der Waals surface area contributed by atoms with Crippen LogP contribution < -0.4 is 0 Å². The molecule has 0 radical (unpaired) electrons. The molecule has 2 aromatic heterocycles. The third-order valence-corrected chi connectivity index (χ3v) is 8.65. The summed E-state index contributed by atoms with van der Waals surface area (Å²) in [5.41, 5.74) is 6.55. The summed E-state index contributed by atoms with van der Waals surface area (Å²) in [6.45, 7) is 16.6. The minimum Gasteiger partial charge on any atom is -0.318 e. The van der Waals surface area contributed by atoms with E-state index in [0.717, 1.165) is 43.6 Å². The predicted octanol–water partition coefficient (Wildman–Crippen LogP) is 10.4. The monoisotopic (exact) mass is 584 g/mol. The van der Waals surface area contributed by atoms with Crippen LogP contribution in [0.5, 0.6) is 0 Å². The van der Waals surface area contributed by atoms with Crippen LogP contribution in [0, 0.1) is 35.8 Å². The summed E-state index contributed by atoms with van der Waals surface area (Å²) in [5, 5.41) is 25.3. The van der Waals surface area contributed by atoms with E-state index in [1.165, 1.54) is 0 Å². The summed E-state index contributed by atoms with van der Waals surface area (Å²) in [5.74, 6) is 0. The van der Waals surface area contributed by atoms with Gasteiger partial charge in [0.25, 0.3) is 0 Å².